The van der Waals surface area contributed by atoms with E-state index in [0.29, 0.717) is 13.2 Å². The van der Waals surface area contributed by atoms with Gasteiger partial charge in [-0.3, -0.25) is 4.79 Å². The number of aromatic carboxylic acids is 1. The Labute approximate surface area is 139 Å². The Balaban J connectivity index is 1.82. The van der Waals surface area contributed by atoms with E-state index in [1.165, 1.54) is 12.1 Å². The van der Waals surface area contributed by atoms with Crippen LogP contribution in [-0.4, -0.2) is 41.1 Å². The van der Waals surface area contributed by atoms with Crippen LogP contribution in [0.5, 0.6) is 0 Å². The predicted octanol–water partition coefficient (Wildman–Crippen LogP) is 2.89. The minimum absolute atomic E-state index is 0.0321. The molecular weight excluding hydrogens is 310 g/mol. The van der Waals surface area contributed by atoms with E-state index >= 15 is 0 Å². The zero-order valence-electron chi connectivity index (χ0n) is 13.6. The van der Waals surface area contributed by atoms with Gasteiger partial charge in [-0.1, -0.05) is 24.3 Å². The molecule has 1 aliphatic heterocycles. The van der Waals surface area contributed by atoms with Crippen LogP contribution < -0.4 is 0 Å². The number of carbonyl (C=O) groups excluding carboxylic acids is 1. The minimum Gasteiger partial charge on any atom is -0.475 e. The van der Waals surface area contributed by atoms with Gasteiger partial charge in [0.2, 0.25) is 5.76 Å². The number of carbonyl (C=O) groups is 2. The van der Waals surface area contributed by atoms with Gasteiger partial charge in [-0.05, 0) is 37.1 Å². The smallest absolute Gasteiger partial charge is 0.371 e. The Morgan fingerprint density at radius 1 is 1.17 bits per heavy atom. The van der Waals surface area contributed by atoms with Crippen LogP contribution in [0.3, 0.4) is 0 Å². The maximum Gasteiger partial charge on any atom is 0.371 e. The molecule has 0 radical (unpaired) electrons. The van der Waals surface area contributed by atoms with Crippen LogP contribution in [0, 0.1) is 6.92 Å². The van der Waals surface area contributed by atoms with Crippen molar-refractivity contribution in [3.8, 4) is 0 Å². The van der Waals surface area contributed by atoms with Crippen molar-refractivity contribution in [1.82, 2.24) is 4.90 Å². The molecule has 3 rings (SSSR count). The van der Waals surface area contributed by atoms with E-state index < -0.39 is 5.97 Å². The maximum atomic E-state index is 12.7. The molecule has 0 spiro atoms. The topological polar surface area (TPSA) is 80.0 Å². The van der Waals surface area contributed by atoms with E-state index in [2.05, 4.69) is 0 Å². The highest BCUT2D eigenvalue weighted by atomic mass is 16.5. The van der Waals surface area contributed by atoms with Crippen LogP contribution in [0.1, 0.15) is 45.3 Å². The summed E-state index contributed by atoms with van der Waals surface area (Å²) in [7, 11) is 0. The fraction of sp³-hybridized carbons (Fsp3) is 0.333. The molecule has 0 bridgehead atoms. The third-order valence-electron chi connectivity index (χ3n) is 4.26. The van der Waals surface area contributed by atoms with Gasteiger partial charge in [-0.15, -0.1) is 0 Å². The molecule has 0 unspecified atom stereocenters. The molecule has 6 heteroatoms. The summed E-state index contributed by atoms with van der Waals surface area (Å²) in [5.74, 6) is -1.72. The Bertz CT molecular complexity index is 766. The Kier molecular flexibility index (Phi) is 4.40. The summed E-state index contributed by atoms with van der Waals surface area (Å²) in [5.41, 5.74) is 2.16. The lowest BCUT2D eigenvalue weighted by molar-refractivity contribution is -0.0497. The lowest BCUT2D eigenvalue weighted by Crippen LogP contribution is -2.48. The first-order valence-corrected chi connectivity index (χ1v) is 7.78. The lowest BCUT2D eigenvalue weighted by atomic mass is 10.0. The van der Waals surface area contributed by atoms with E-state index in [9.17, 15) is 9.59 Å². The van der Waals surface area contributed by atoms with Gasteiger partial charge in [0, 0.05) is 0 Å². The molecule has 2 atom stereocenters. The molecule has 126 valence electrons. The van der Waals surface area contributed by atoms with Gasteiger partial charge in [-0.2, -0.15) is 0 Å². The number of hydrogen-bond donors (Lipinski definition) is 1. The summed E-state index contributed by atoms with van der Waals surface area (Å²) in [5, 5.41) is 8.92. The molecule has 1 saturated heterocycles. The van der Waals surface area contributed by atoms with Crippen molar-refractivity contribution in [3.05, 3.63) is 59.0 Å². The number of benzene rings is 1. The van der Waals surface area contributed by atoms with E-state index in [-0.39, 0.29) is 29.6 Å². The summed E-state index contributed by atoms with van der Waals surface area (Å²) < 4.78 is 11.0. The van der Waals surface area contributed by atoms with Crippen molar-refractivity contribution in [2.45, 2.75) is 26.0 Å². The predicted molar refractivity (Wildman–Crippen MR) is 86.0 cm³/mol. The molecule has 2 aromatic rings. The highest BCUT2D eigenvalue weighted by Gasteiger charge is 2.33. The van der Waals surface area contributed by atoms with Gasteiger partial charge in [0.05, 0.1) is 19.2 Å². The molecule has 6 nitrogen and oxygen atoms in total. The molecule has 1 aliphatic rings. The molecule has 24 heavy (non-hydrogen) atoms. The van der Waals surface area contributed by atoms with Crippen molar-refractivity contribution in [3.63, 3.8) is 0 Å². The molecule has 1 aromatic heterocycles. The molecule has 0 aliphatic carbocycles. The number of aryl methyl sites for hydroxylation is 1. The van der Waals surface area contributed by atoms with Crippen LogP contribution in [0.4, 0.5) is 0 Å². The minimum atomic E-state index is -1.19. The first-order valence-electron chi connectivity index (χ1n) is 7.78. The summed E-state index contributed by atoms with van der Waals surface area (Å²) >= 11 is 0. The van der Waals surface area contributed by atoms with E-state index in [4.69, 9.17) is 14.3 Å². The molecule has 1 fully saturated rings. The summed E-state index contributed by atoms with van der Waals surface area (Å²) in [4.78, 5) is 25.3. The Morgan fingerprint density at radius 3 is 2.54 bits per heavy atom. The summed E-state index contributed by atoms with van der Waals surface area (Å²) in [6.45, 7) is 4.72. The Morgan fingerprint density at radius 2 is 1.88 bits per heavy atom. The number of carboxylic acids is 1. The number of morpholine rings is 1. The van der Waals surface area contributed by atoms with E-state index in [0.717, 1.165) is 11.1 Å². The molecule has 0 saturated carbocycles. The highest BCUT2D eigenvalue weighted by Crippen LogP contribution is 2.28. The number of hydrogen-bond acceptors (Lipinski definition) is 4. The van der Waals surface area contributed by atoms with Gasteiger partial charge in [0.1, 0.15) is 6.10 Å². The number of ether oxygens (including phenoxy) is 1. The quantitative estimate of drug-likeness (QED) is 0.936. The maximum absolute atomic E-state index is 12.7. The van der Waals surface area contributed by atoms with Gasteiger partial charge in [0.15, 0.2) is 5.76 Å². The fourth-order valence-corrected chi connectivity index (χ4v) is 2.89. The first-order chi connectivity index (χ1) is 11.5. The monoisotopic (exact) mass is 329 g/mol. The normalized spacial score (nSPS) is 20.8. The Hall–Kier alpha value is -2.60. The third-order valence-corrected chi connectivity index (χ3v) is 4.26. The average Bonchev–Trinajstić information content (AvgIpc) is 3.06. The van der Waals surface area contributed by atoms with Gasteiger partial charge < -0.3 is 19.2 Å². The second kappa shape index (κ2) is 6.49. The van der Waals surface area contributed by atoms with E-state index in [1.807, 2.05) is 38.1 Å². The second-order valence-corrected chi connectivity index (χ2v) is 5.95. The van der Waals surface area contributed by atoms with Crippen molar-refractivity contribution >= 4 is 11.9 Å². The SMILES string of the molecule is Cc1ccccc1[C@H]1CN(C(=O)c2ccc(C(=O)O)o2)[C@@H](C)CO1. The van der Waals surface area contributed by atoms with Gasteiger partial charge in [-0.25, -0.2) is 4.79 Å². The molecule has 1 N–H and O–H groups in total. The van der Waals surface area contributed by atoms with Crippen molar-refractivity contribution in [1.29, 1.82) is 0 Å². The van der Waals surface area contributed by atoms with Crippen molar-refractivity contribution in [2.24, 2.45) is 0 Å². The number of carboxylic acid groups (broad SMARTS) is 1. The van der Waals surface area contributed by atoms with Gasteiger partial charge in [0.25, 0.3) is 5.91 Å². The van der Waals surface area contributed by atoms with Crippen molar-refractivity contribution in [2.75, 3.05) is 13.2 Å². The van der Waals surface area contributed by atoms with Crippen LogP contribution >= 0.6 is 0 Å². The molecule has 1 amide bonds. The van der Waals surface area contributed by atoms with Crippen LogP contribution in [-0.2, 0) is 4.74 Å². The molecular formula is C18H19NO5. The molecule has 1 aromatic carbocycles. The van der Waals surface area contributed by atoms with Crippen LogP contribution in [0.2, 0.25) is 0 Å². The standard InChI is InChI=1S/C18H19NO5/c1-11-5-3-4-6-13(11)16-9-19(12(2)10-23-16)17(20)14-7-8-15(24-14)18(21)22/h3-8,12,16H,9-10H2,1-2H3,(H,21,22)/t12-,16+/m0/s1. The fourth-order valence-electron chi connectivity index (χ4n) is 2.89. The average molecular weight is 329 g/mol. The van der Waals surface area contributed by atoms with Gasteiger partial charge >= 0.3 is 5.97 Å². The van der Waals surface area contributed by atoms with Crippen LogP contribution in [0.15, 0.2) is 40.8 Å². The number of furan rings is 1. The van der Waals surface area contributed by atoms with E-state index in [1.54, 1.807) is 4.90 Å². The summed E-state index contributed by atoms with van der Waals surface area (Å²) in [6.07, 6.45) is -0.208. The van der Waals surface area contributed by atoms with Crippen LogP contribution in [0.25, 0.3) is 0 Å². The highest BCUT2D eigenvalue weighted by molar-refractivity contribution is 5.93. The summed E-state index contributed by atoms with van der Waals surface area (Å²) in [6, 6.07) is 10.5. The third kappa shape index (κ3) is 3.05. The van der Waals surface area contributed by atoms with Crippen molar-refractivity contribution < 1.29 is 23.8 Å². The number of rotatable bonds is 3. The molecule has 2 heterocycles. The zero-order chi connectivity index (χ0) is 17.3. The largest absolute Gasteiger partial charge is 0.475 e. The second-order valence-electron chi connectivity index (χ2n) is 5.95. The lowest BCUT2D eigenvalue weighted by Gasteiger charge is -2.38. The number of nitrogens with zero attached hydrogens (tertiary/aromatic N) is 1. The first kappa shape index (κ1) is 16.3. The zero-order valence-corrected chi connectivity index (χ0v) is 13.6. The number of amides is 1.